The molecule has 1 heterocycles. The zero-order valence-electron chi connectivity index (χ0n) is 8.66. The SMILES string of the molecule is CC(NC(=O)NC1CCCOC1)C(=O)O. The summed E-state index contributed by atoms with van der Waals surface area (Å²) < 4.78 is 5.18. The van der Waals surface area contributed by atoms with Crippen LogP contribution in [-0.2, 0) is 9.53 Å². The molecular weight excluding hydrogens is 200 g/mol. The summed E-state index contributed by atoms with van der Waals surface area (Å²) >= 11 is 0. The Labute approximate surface area is 88.0 Å². The van der Waals surface area contributed by atoms with Gasteiger partial charge in [-0.05, 0) is 19.8 Å². The lowest BCUT2D eigenvalue weighted by molar-refractivity contribution is -0.138. The molecular formula is C9H16N2O4. The summed E-state index contributed by atoms with van der Waals surface area (Å²) in [5, 5.41) is 13.6. The van der Waals surface area contributed by atoms with Crippen molar-refractivity contribution in [1.82, 2.24) is 10.6 Å². The number of aliphatic carboxylic acids is 1. The smallest absolute Gasteiger partial charge is 0.325 e. The summed E-state index contributed by atoms with van der Waals surface area (Å²) in [6.45, 7) is 2.64. The molecule has 0 aromatic rings. The molecule has 2 atom stereocenters. The highest BCUT2D eigenvalue weighted by atomic mass is 16.5. The molecule has 15 heavy (non-hydrogen) atoms. The predicted octanol–water partition coefficient (Wildman–Crippen LogP) is -0.0623. The van der Waals surface area contributed by atoms with Crippen LogP contribution in [0.5, 0.6) is 0 Å². The normalized spacial score (nSPS) is 22.9. The van der Waals surface area contributed by atoms with E-state index in [2.05, 4.69) is 10.6 Å². The average molecular weight is 216 g/mol. The molecule has 1 fully saturated rings. The fourth-order valence-electron chi connectivity index (χ4n) is 1.34. The molecule has 0 radical (unpaired) electrons. The van der Waals surface area contributed by atoms with Gasteiger partial charge in [-0.3, -0.25) is 4.79 Å². The van der Waals surface area contributed by atoms with Gasteiger partial charge in [0.05, 0.1) is 12.6 Å². The van der Waals surface area contributed by atoms with Crippen molar-refractivity contribution in [1.29, 1.82) is 0 Å². The van der Waals surface area contributed by atoms with E-state index in [1.165, 1.54) is 6.92 Å². The van der Waals surface area contributed by atoms with Gasteiger partial charge in [-0.1, -0.05) is 0 Å². The maximum absolute atomic E-state index is 11.3. The Kier molecular flexibility index (Phi) is 4.36. The van der Waals surface area contributed by atoms with Crippen LogP contribution in [0, 0.1) is 0 Å². The monoisotopic (exact) mass is 216 g/mol. The number of carbonyl (C=O) groups is 2. The standard InChI is InChI=1S/C9H16N2O4/c1-6(8(12)13)10-9(14)11-7-3-2-4-15-5-7/h6-7H,2-5H2,1H3,(H,12,13)(H2,10,11,14). The van der Waals surface area contributed by atoms with E-state index in [1.54, 1.807) is 0 Å². The second kappa shape index (κ2) is 5.55. The van der Waals surface area contributed by atoms with Gasteiger partial charge in [0.15, 0.2) is 0 Å². The number of amides is 2. The first-order valence-corrected chi connectivity index (χ1v) is 4.97. The topological polar surface area (TPSA) is 87.7 Å². The number of carboxylic acid groups (broad SMARTS) is 1. The van der Waals surface area contributed by atoms with Crippen molar-refractivity contribution >= 4 is 12.0 Å². The van der Waals surface area contributed by atoms with Crippen molar-refractivity contribution in [3.8, 4) is 0 Å². The maximum atomic E-state index is 11.3. The zero-order valence-corrected chi connectivity index (χ0v) is 8.66. The third-order valence-electron chi connectivity index (χ3n) is 2.21. The molecule has 1 aliphatic heterocycles. The van der Waals surface area contributed by atoms with Crippen LogP contribution in [0.4, 0.5) is 4.79 Å². The summed E-state index contributed by atoms with van der Waals surface area (Å²) in [4.78, 5) is 21.7. The number of carboxylic acids is 1. The molecule has 0 aromatic carbocycles. The van der Waals surface area contributed by atoms with Crippen molar-refractivity contribution in [3.63, 3.8) is 0 Å². The number of carbonyl (C=O) groups excluding carboxylic acids is 1. The van der Waals surface area contributed by atoms with Crippen LogP contribution >= 0.6 is 0 Å². The lowest BCUT2D eigenvalue weighted by Gasteiger charge is -2.23. The van der Waals surface area contributed by atoms with Crippen LogP contribution in [-0.4, -0.2) is 42.4 Å². The number of ether oxygens (including phenoxy) is 1. The highest BCUT2D eigenvalue weighted by Crippen LogP contribution is 2.05. The van der Waals surface area contributed by atoms with E-state index in [9.17, 15) is 9.59 Å². The summed E-state index contributed by atoms with van der Waals surface area (Å²) in [6.07, 6.45) is 1.79. The van der Waals surface area contributed by atoms with Crippen LogP contribution in [0.2, 0.25) is 0 Å². The second-order valence-corrected chi connectivity index (χ2v) is 3.59. The molecule has 1 rings (SSSR count). The van der Waals surface area contributed by atoms with Gasteiger partial charge in [-0.25, -0.2) is 4.79 Å². The van der Waals surface area contributed by atoms with Crippen molar-refractivity contribution in [2.24, 2.45) is 0 Å². The van der Waals surface area contributed by atoms with Gasteiger partial charge in [-0.2, -0.15) is 0 Å². The van der Waals surface area contributed by atoms with E-state index in [-0.39, 0.29) is 6.04 Å². The van der Waals surface area contributed by atoms with Crippen LogP contribution in [0.3, 0.4) is 0 Å². The maximum Gasteiger partial charge on any atom is 0.325 e. The zero-order chi connectivity index (χ0) is 11.3. The van der Waals surface area contributed by atoms with E-state index in [0.717, 1.165) is 19.4 Å². The Morgan fingerprint density at radius 1 is 1.53 bits per heavy atom. The van der Waals surface area contributed by atoms with Crippen molar-refractivity contribution in [2.45, 2.75) is 31.8 Å². The summed E-state index contributed by atoms with van der Waals surface area (Å²) in [7, 11) is 0. The first-order valence-electron chi connectivity index (χ1n) is 4.97. The molecule has 6 nitrogen and oxygen atoms in total. The molecule has 0 bridgehead atoms. The first kappa shape index (κ1) is 11.8. The molecule has 1 aliphatic rings. The van der Waals surface area contributed by atoms with Crippen LogP contribution in [0.15, 0.2) is 0 Å². The first-order chi connectivity index (χ1) is 7.09. The van der Waals surface area contributed by atoms with Crippen LogP contribution < -0.4 is 10.6 Å². The van der Waals surface area contributed by atoms with Crippen LogP contribution in [0.25, 0.3) is 0 Å². The minimum Gasteiger partial charge on any atom is -0.480 e. The Balaban J connectivity index is 2.25. The lowest BCUT2D eigenvalue weighted by Crippen LogP contribution is -2.49. The highest BCUT2D eigenvalue weighted by Gasteiger charge is 2.18. The second-order valence-electron chi connectivity index (χ2n) is 3.59. The van der Waals surface area contributed by atoms with Crippen molar-refractivity contribution < 1.29 is 19.4 Å². The Hall–Kier alpha value is -1.30. The molecule has 6 heteroatoms. The number of nitrogens with one attached hydrogen (secondary N) is 2. The Bertz CT molecular complexity index is 238. The minimum absolute atomic E-state index is 0.0141. The van der Waals surface area contributed by atoms with E-state index in [0.29, 0.717) is 6.61 Å². The van der Waals surface area contributed by atoms with E-state index < -0.39 is 18.0 Å². The van der Waals surface area contributed by atoms with Gasteiger partial charge in [0.25, 0.3) is 0 Å². The van der Waals surface area contributed by atoms with Gasteiger partial charge in [0.2, 0.25) is 0 Å². The van der Waals surface area contributed by atoms with Gasteiger partial charge < -0.3 is 20.5 Å². The third kappa shape index (κ3) is 4.16. The van der Waals surface area contributed by atoms with Crippen LogP contribution in [0.1, 0.15) is 19.8 Å². The largest absolute Gasteiger partial charge is 0.480 e. The average Bonchev–Trinajstić information content (AvgIpc) is 2.18. The van der Waals surface area contributed by atoms with Gasteiger partial charge in [0.1, 0.15) is 6.04 Å². The molecule has 1 saturated heterocycles. The molecule has 2 amide bonds. The molecule has 0 aromatic heterocycles. The quantitative estimate of drug-likeness (QED) is 0.616. The summed E-state index contributed by atoms with van der Waals surface area (Å²) in [6, 6.07) is -1.35. The van der Waals surface area contributed by atoms with Crippen molar-refractivity contribution in [2.75, 3.05) is 13.2 Å². The Morgan fingerprint density at radius 3 is 2.80 bits per heavy atom. The predicted molar refractivity (Wildman–Crippen MR) is 52.6 cm³/mol. The van der Waals surface area contributed by atoms with Gasteiger partial charge >= 0.3 is 12.0 Å². The van der Waals surface area contributed by atoms with Gasteiger partial charge in [0, 0.05) is 6.61 Å². The van der Waals surface area contributed by atoms with E-state index in [1.807, 2.05) is 0 Å². The van der Waals surface area contributed by atoms with E-state index in [4.69, 9.17) is 9.84 Å². The third-order valence-corrected chi connectivity index (χ3v) is 2.21. The fourth-order valence-corrected chi connectivity index (χ4v) is 1.34. The minimum atomic E-state index is -1.05. The summed E-state index contributed by atoms with van der Waals surface area (Å²) in [5.41, 5.74) is 0. The molecule has 86 valence electrons. The number of hydrogen-bond donors (Lipinski definition) is 3. The number of hydrogen-bond acceptors (Lipinski definition) is 3. The molecule has 0 saturated carbocycles. The molecule has 3 N–H and O–H groups in total. The molecule has 2 unspecified atom stereocenters. The fraction of sp³-hybridized carbons (Fsp3) is 0.778. The molecule has 0 aliphatic carbocycles. The number of urea groups is 1. The molecule has 0 spiro atoms. The van der Waals surface area contributed by atoms with Crippen molar-refractivity contribution in [3.05, 3.63) is 0 Å². The highest BCUT2D eigenvalue weighted by molar-refractivity contribution is 5.82. The van der Waals surface area contributed by atoms with Gasteiger partial charge in [-0.15, -0.1) is 0 Å². The summed E-state index contributed by atoms with van der Waals surface area (Å²) in [5.74, 6) is -1.05. The Morgan fingerprint density at radius 2 is 2.27 bits per heavy atom. The lowest BCUT2D eigenvalue weighted by atomic mass is 10.1. The van der Waals surface area contributed by atoms with E-state index >= 15 is 0 Å². The number of rotatable bonds is 3.